The zero-order chi connectivity index (χ0) is 25.1. The number of hydrogen-bond donors (Lipinski definition) is 2. The molecule has 1 saturated heterocycles. The number of nitriles is 1. The number of aliphatic hydroxyl groups is 1. The van der Waals surface area contributed by atoms with E-state index in [1.807, 2.05) is 4.90 Å². The molecule has 1 aliphatic heterocycles. The lowest BCUT2D eigenvalue weighted by Crippen LogP contribution is -2.37. The first-order valence-corrected chi connectivity index (χ1v) is 11.1. The number of carbonyl (C=O) groups excluding carboxylic acids is 1. The summed E-state index contributed by atoms with van der Waals surface area (Å²) >= 11 is 0. The Morgan fingerprint density at radius 3 is 2.51 bits per heavy atom. The predicted octanol–water partition coefficient (Wildman–Crippen LogP) is 2.88. The van der Waals surface area contributed by atoms with Crippen LogP contribution in [0.1, 0.15) is 34.5 Å². The molecule has 1 aliphatic rings. The third-order valence-corrected chi connectivity index (χ3v) is 6.07. The molecule has 0 saturated carbocycles. The topological polar surface area (TPSA) is 123 Å². The number of aromatic nitrogens is 2. The smallest absolute Gasteiger partial charge is 0.323 e. The van der Waals surface area contributed by atoms with Gasteiger partial charge in [0.25, 0.3) is 5.91 Å². The molecule has 10 heteroatoms. The van der Waals surface area contributed by atoms with Crippen LogP contribution >= 0.6 is 0 Å². The average Bonchev–Trinajstić information content (AvgIpc) is 3.24. The van der Waals surface area contributed by atoms with E-state index in [2.05, 4.69) is 11.2 Å². The van der Waals surface area contributed by atoms with Crippen LogP contribution in [0, 0.1) is 24.1 Å². The first-order chi connectivity index (χ1) is 16.8. The highest BCUT2D eigenvalue weighted by molar-refractivity contribution is 6.09. The first-order valence-electron chi connectivity index (χ1n) is 11.1. The molecule has 3 aromatic rings. The lowest BCUT2D eigenvalue weighted by atomic mass is 10.0. The number of benzene rings is 2. The number of amides is 1. The predicted molar refractivity (Wildman–Crippen MR) is 126 cm³/mol. The van der Waals surface area contributed by atoms with Crippen molar-refractivity contribution in [3.63, 3.8) is 0 Å². The second-order valence-corrected chi connectivity index (χ2v) is 8.35. The molecule has 1 amide bonds. The number of rotatable bonds is 6. The van der Waals surface area contributed by atoms with Gasteiger partial charge in [0, 0.05) is 18.8 Å². The molecule has 2 aromatic carbocycles. The Balaban J connectivity index is 1.67. The van der Waals surface area contributed by atoms with Crippen molar-refractivity contribution < 1.29 is 24.2 Å². The Bertz CT molecular complexity index is 1290. The van der Waals surface area contributed by atoms with Crippen molar-refractivity contribution in [1.82, 2.24) is 9.78 Å². The molecule has 9 nitrogen and oxygen atoms in total. The number of aliphatic hydroxyl groups excluding tert-OH is 1. The van der Waals surface area contributed by atoms with E-state index in [0.717, 1.165) is 4.90 Å². The van der Waals surface area contributed by atoms with Gasteiger partial charge < -0.3 is 15.1 Å². The molecule has 0 spiro atoms. The summed E-state index contributed by atoms with van der Waals surface area (Å²) in [6.45, 7) is 2.24. The zero-order valence-electron chi connectivity index (χ0n) is 19.1. The van der Waals surface area contributed by atoms with Crippen LogP contribution in [0.5, 0.6) is 0 Å². The van der Waals surface area contributed by atoms with E-state index in [1.54, 1.807) is 19.1 Å². The van der Waals surface area contributed by atoms with Crippen molar-refractivity contribution in [2.75, 3.05) is 29.4 Å². The molecule has 0 unspecified atom stereocenters. The van der Waals surface area contributed by atoms with Crippen LogP contribution in [0.2, 0.25) is 0 Å². The molecule has 1 aromatic heterocycles. The monoisotopic (exact) mass is 477 g/mol. The number of piperidine rings is 1. The largest absolute Gasteiger partial charge is 0.480 e. The molecule has 4 rings (SSSR count). The number of carboxylic acid groups (broad SMARTS) is 1. The van der Waals surface area contributed by atoms with E-state index in [0.29, 0.717) is 48.6 Å². The highest BCUT2D eigenvalue weighted by Crippen LogP contribution is 2.29. The first kappa shape index (κ1) is 23.9. The van der Waals surface area contributed by atoms with Gasteiger partial charge in [-0.1, -0.05) is 0 Å². The van der Waals surface area contributed by atoms with Gasteiger partial charge in [0.15, 0.2) is 0 Å². The van der Waals surface area contributed by atoms with E-state index in [-0.39, 0.29) is 17.4 Å². The normalized spacial score (nSPS) is 13.9. The van der Waals surface area contributed by atoms with Gasteiger partial charge in [0.05, 0.1) is 40.5 Å². The van der Waals surface area contributed by atoms with Gasteiger partial charge in [-0.05, 0) is 62.2 Å². The van der Waals surface area contributed by atoms with Crippen LogP contribution < -0.4 is 9.80 Å². The van der Waals surface area contributed by atoms with Crippen LogP contribution in [-0.4, -0.2) is 57.6 Å². The average molecular weight is 477 g/mol. The van der Waals surface area contributed by atoms with Crippen LogP contribution in [0.4, 0.5) is 15.8 Å². The molecular formula is C25H24FN5O4. The summed E-state index contributed by atoms with van der Waals surface area (Å²) in [5, 5.41) is 33.2. The fraction of sp³-hybridized carbons (Fsp3) is 0.280. The molecule has 0 atom stereocenters. The summed E-state index contributed by atoms with van der Waals surface area (Å²) < 4.78 is 14.8. The number of anilines is 2. The van der Waals surface area contributed by atoms with Gasteiger partial charge in [-0.3, -0.25) is 14.5 Å². The Morgan fingerprint density at radius 2 is 1.89 bits per heavy atom. The van der Waals surface area contributed by atoms with Crippen molar-refractivity contribution in [1.29, 1.82) is 5.26 Å². The number of carboxylic acids is 1. The van der Waals surface area contributed by atoms with Crippen molar-refractivity contribution in [3.8, 4) is 11.8 Å². The van der Waals surface area contributed by atoms with E-state index >= 15 is 0 Å². The Labute approximate surface area is 201 Å². The number of nitrogens with zero attached hydrogens (tertiary/aromatic N) is 5. The van der Waals surface area contributed by atoms with Crippen molar-refractivity contribution in [3.05, 3.63) is 71.3 Å². The second kappa shape index (κ2) is 9.95. The SMILES string of the molecule is Cc1c(C(=O)N(CC(=O)O)c2ccc(N3CCC(O)CC3)c(C#N)c2)cnn1-c1ccc(F)cc1. The van der Waals surface area contributed by atoms with Gasteiger partial charge in [-0.15, -0.1) is 0 Å². The van der Waals surface area contributed by atoms with E-state index in [1.165, 1.54) is 41.2 Å². The second-order valence-electron chi connectivity index (χ2n) is 8.35. The van der Waals surface area contributed by atoms with Gasteiger partial charge in [0.2, 0.25) is 0 Å². The quantitative estimate of drug-likeness (QED) is 0.560. The standard InChI is InChI=1S/C25H24FN5O4/c1-16-22(14-28-31(16)19-4-2-18(26)3-5-19)25(35)30(15-24(33)34)20-6-7-23(17(12-20)13-27)29-10-8-21(32)9-11-29/h2-7,12,14,21,32H,8-11,15H2,1H3,(H,33,34). The molecule has 0 radical (unpaired) electrons. The molecule has 180 valence electrons. The third kappa shape index (κ3) is 5.00. The van der Waals surface area contributed by atoms with E-state index in [9.17, 15) is 29.5 Å². The Hall–Kier alpha value is -4.23. The van der Waals surface area contributed by atoms with Crippen molar-refractivity contribution >= 4 is 23.3 Å². The Kier molecular flexibility index (Phi) is 6.80. The lowest BCUT2D eigenvalue weighted by Gasteiger charge is -2.32. The fourth-order valence-corrected chi connectivity index (χ4v) is 4.19. The molecule has 2 N–H and O–H groups in total. The van der Waals surface area contributed by atoms with E-state index in [4.69, 9.17) is 0 Å². The molecule has 0 bridgehead atoms. The summed E-state index contributed by atoms with van der Waals surface area (Å²) in [6.07, 6.45) is 2.16. The van der Waals surface area contributed by atoms with Crippen LogP contribution in [-0.2, 0) is 4.79 Å². The summed E-state index contributed by atoms with van der Waals surface area (Å²) in [5.74, 6) is -2.20. The van der Waals surface area contributed by atoms with Gasteiger partial charge in [-0.2, -0.15) is 10.4 Å². The highest BCUT2D eigenvalue weighted by atomic mass is 19.1. The van der Waals surface area contributed by atoms with Crippen LogP contribution in [0.25, 0.3) is 5.69 Å². The van der Waals surface area contributed by atoms with Crippen molar-refractivity contribution in [2.24, 2.45) is 0 Å². The van der Waals surface area contributed by atoms with Crippen LogP contribution in [0.3, 0.4) is 0 Å². The van der Waals surface area contributed by atoms with Crippen LogP contribution in [0.15, 0.2) is 48.7 Å². The van der Waals surface area contributed by atoms with Gasteiger partial charge in [-0.25, -0.2) is 9.07 Å². The summed E-state index contributed by atoms with van der Waals surface area (Å²) in [7, 11) is 0. The molecule has 1 fully saturated rings. The van der Waals surface area contributed by atoms with Crippen molar-refractivity contribution in [2.45, 2.75) is 25.9 Å². The maximum Gasteiger partial charge on any atom is 0.323 e. The number of hydrogen-bond acceptors (Lipinski definition) is 6. The number of aliphatic carboxylic acids is 1. The molecule has 35 heavy (non-hydrogen) atoms. The maximum absolute atomic E-state index is 13.5. The summed E-state index contributed by atoms with van der Waals surface area (Å²) in [4.78, 5) is 28.2. The lowest BCUT2D eigenvalue weighted by molar-refractivity contribution is -0.135. The molecule has 0 aliphatic carbocycles. The minimum absolute atomic E-state index is 0.183. The fourth-order valence-electron chi connectivity index (χ4n) is 4.19. The Morgan fingerprint density at radius 1 is 1.20 bits per heavy atom. The third-order valence-electron chi connectivity index (χ3n) is 6.07. The summed E-state index contributed by atoms with van der Waals surface area (Å²) in [6, 6.07) is 12.6. The highest BCUT2D eigenvalue weighted by Gasteiger charge is 2.26. The summed E-state index contributed by atoms with van der Waals surface area (Å²) in [5.41, 5.74) is 2.44. The molecular weight excluding hydrogens is 453 g/mol. The zero-order valence-corrected chi connectivity index (χ0v) is 19.1. The van der Waals surface area contributed by atoms with Gasteiger partial charge in [0.1, 0.15) is 18.4 Å². The number of carbonyl (C=O) groups is 2. The molecule has 2 heterocycles. The maximum atomic E-state index is 13.5. The minimum atomic E-state index is -1.21. The number of halogens is 1. The van der Waals surface area contributed by atoms with E-state index < -0.39 is 24.2 Å². The van der Waals surface area contributed by atoms with Gasteiger partial charge >= 0.3 is 5.97 Å². The minimum Gasteiger partial charge on any atom is -0.480 e.